The van der Waals surface area contributed by atoms with Gasteiger partial charge < -0.3 is 15.4 Å². The summed E-state index contributed by atoms with van der Waals surface area (Å²) in [6.07, 6.45) is 4.51. The fourth-order valence-electron chi connectivity index (χ4n) is 2.58. The molecule has 1 amide bonds. The van der Waals surface area contributed by atoms with Crippen molar-refractivity contribution in [2.75, 3.05) is 20.1 Å². The predicted octanol–water partition coefficient (Wildman–Crippen LogP) is 1.42. The molecule has 104 valence electrons. The molecule has 1 atom stereocenters. The standard InChI is InChI=1S/C15H17N3O2/c1-18-5-3-12(9-18)20-14-7-11-8-17-4-2-10(11)6-13(14)15(16)19/h2,4,6-8,12H,3,5,9H2,1H3,(H2,16,19). The lowest BCUT2D eigenvalue weighted by atomic mass is 10.1. The van der Waals surface area contributed by atoms with E-state index in [0.717, 1.165) is 30.3 Å². The number of carbonyl (C=O) groups excluding carboxylic acids is 1. The Hall–Kier alpha value is -2.14. The molecule has 0 aliphatic carbocycles. The Morgan fingerprint density at radius 3 is 3.00 bits per heavy atom. The van der Waals surface area contributed by atoms with Gasteiger partial charge in [0.15, 0.2) is 0 Å². The molecular weight excluding hydrogens is 254 g/mol. The molecule has 0 saturated carbocycles. The van der Waals surface area contributed by atoms with Gasteiger partial charge >= 0.3 is 0 Å². The van der Waals surface area contributed by atoms with Crippen molar-refractivity contribution in [3.05, 3.63) is 36.2 Å². The number of pyridine rings is 1. The van der Waals surface area contributed by atoms with Crippen LogP contribution in [0, 0.1) is 0 Å². The molecule has 1 aromatic heterocycles. The van der Waals surface area contributed by atoms with E-state index in [1.807, 2.05) is 12.1 Å². The summed E-state index contributed by atoms with van der Waals surface area (Å²) in [7, 11) is 2.06. The number of likely N-dealkylation sites (tertiary alicyclic amines) is 1. The largest absolute Gasteiger partial charge is 0.488 e. The van der Waals surface area contributed by atoms with Crippen LogP contribution in [0.2, 0.25) is 0 Å². The highest BCUT2D eigenvalue weighted by molar-refractivity contribution is 6.00. The van der Waals surface area contributed by atoms with Gasteiger partial charge in [0.05, 0.1) is 5.56 Å². The molecular formula is C15H17N3O2. The minimum Gasteiger partial charge on any atom is -0.488 e. The topological polar surface area (TPSA) is 68.4 Å². The number of ether oxygens (including phenoxy) is 1. The summed E-state index contributed by atoms with van der Waals surface area (Å²) in [4.78, 5) is 17.9. The maximum absolute atomic E-state index is 11.6. The number of nitrogens with zero attached hydrogens (tertiary/aromatic N) is 2. The molecule has 1 unspecified atom stereocenters. The monoisotopic (exact) mass is 271 g/mol. The molecule has 3 rings (SSSR count). The van der Waals surface area contributed by atoms with Gasteiger partial charge in [-0.15, -0.1) is 0 Å². The normalized spacial score (nSPS) is 19.4. The number of primary amides is 1. The zero-order valence-electron chi connectivity index (χ0n) is 11.4. The van der Waals surface area contributed by atoms with Gasteiger partial charge in [0.25, 0.3) is 5.91 Å². The van der Waals surface area contributed by atoms with E-state index in [0.29, 0.717) is 11.3 Å². The summed E-state index contributed by atoms with van der Waals surface area (Å²) in [5.41, 5.74) is 5.89. The molecule has 2 heterocycles. The highest BCUT2D eigenvalue weighted by atomic mass is 16.5. The SMILES string of the molecule is CN1CCC(Oc2cc3cnccc3cc2C(N)=O)C1. The van der Waals surface area contributed by atoms with Gasteiger partial charge in [-0.3, -0.25) is 9.78 Å². The number of hydrogen-bond donors (Lipinski definition) is 1. The van der Waals surface area contributed by atoms with Gasteiger partial charge in [0.1, 0.15) is 11.9 Å². The van der Waals surface area contributed by atoms with E-state index in [4.69, 9.17) is 10.5 Å². The molecule has 1 saturated heterocycles. The highest BCUT2D eigenvalue weighted by Crippen LogP contribution is 2.27. The molecule has 5 nitrogen and oxygen atoms in total. The summed E-state index contributed by atoms with van der Waals surface area (Å²) in [5.74, 6) is 0.0864. The van der Waals surface area contributed by atoms with Crippen LogP contribution in [-0.4, -0.2) is 42.0 Å². The Kier molecular flexibility index (Phi) is 3.28. The first-order chi connectivity index (χ1) is 9.63. The maximum Gasteiger partial charge on any atom is 0.252 e. The highest BCUT2D eigenvalue weighted by Gasteiger charge is 2.23. The zero-order valence-corrected chi connectivity index (χ0v) is 11.4. The molecule has 1 aromatic carbocycles. The molecule has 2 N–H and O–H groups in total. The number of hydrogen-bond acceptors (Lipinski definition) is 4. The van der Waals surface area contributed by atoms with Crippen molar-refractivity contribution in [1.82, 2.24) is 9.88 Å². The Bertz CT molecular complexity index is 657. The summed E-state index contributed by atoms with van der Waals surface area (Å²) >= 11 is 0. The quantitative estimate of drug-likeness (QED) is 0.916. The number of nitrogens with two attached hydrogens (primary N) is 1. The summed E-state index contributed by atoms with van der Waals surface area (Å²) in [6, 6.07) is 5.48. The minimum atomic E-state index is -0.468. The Labute approximate surface area is 117 Å². The first-order valence-corrected chi connectivity index (χ1v) is 6.66. The number of benzene rings is 1. The van der Waals surface area contributed by atoms with Crippen molar-refractivity contribution in [2.24, 2.45) is 5.73 Å². The summed E-state index contributed by atoms with van der Waals surface area (Å²) < 4.78 is 5.98. The molecule has 1 fully saturated rings. The second-order valence-electron chi connectivity index (χ2n) is 5.23. The number of carbonyl (C=O) groups is 1. The van der Waals surface area contributed by atoms with E-state index < -0.39 is 5.91 Å². The van der Waals surface area contributed by atoms with Crippen molar-refractivity contribution >= 4 is 16.7 Å². The van der Waals surface area contributed by atoms with Gasteiger partial charge in [-0.25, -0.2) is 0 Å². The van der Waals surface area contributed by atoms with Crippen molar-refractivity contribution in [3.8, 4) is 5.75 Å². The number of rotatable bonds is 3. The third-order valence-electron chi connectivity index (χ3n) is 3.65. The van der Waals surface area contributed by atoms with E-state index in [1.165, 1.54) is 0 Å². The van der Waals surface area contributed by atoms with E-state index in [9.17, 15) is 4.79 Å². The van der Waals surface area contributed by atoms with Crippen LogP contribution in [0.1, 0.15) is 16.8 Å². The van der Waals surface area contributed by atoms with Crippen LogP contribution in [0.4, 0.5) is 0 Å². The second kappa shape index (κ2) is 5.09. The lowest BCUT2D eigenvalue weighted by Crippen LogP contribution is -2.23. The van der Waals surface area contributed by atoms with E-state index in [1.54, 1.807) is 18.5 Å². The van der Waals surface area contributed by atoms with Crippen molar-refractivity contribution in [3.63, 3.8) is 0 Å². The fraction of sp³-hybridized carbons (Fsp3) is 0.333. The predicted molar refractivity (Wildman–Crippen MR) is 76.8 cm³/mol. The molecule has 5 heteroatoms. The summed E-state index contributed by atoms with van der Waals surface area (Å²) in [5, 5.41) is 1.88. The second-order valence-corrected chi connectivity index (χ2v) is 5.23. The lowest BCUT2D eigenvalue weighted by molar-refractivity contribution is 0.0993. The molecule has 20 heavy (non-hydrogen) atoms. The number of fused-ring (bicyclic) bond motifs is 1. The summed E-state index contributed by atoms with van der Waals surface area (Å²) in [6.45, 7) is 1.87. The number of likely N-dealkylation sites (N-methyl/N-ethyl adjacent to an activating group) is 1. The minimum absolute atomic E-state index is 0.104. The smallest absolute Gasteiger partial charge is 0.252 e. The van der Waals surface area contributed by atoms with Crippen molar-refractivity contribution < 1.29 is 9.53 Å². The number of amides is 1. The van der Waals surface area contributed by atoms with Crippen LogP contribution in [0.25, 0.3) is 10.8 Å². The first kappa shape index (κ1) is 12.9. The molecule has 1 aliphatic heterocycles. The molecule has 2 aromatic rings. The average Bonchev–Trinajstić information content (AvgIpc) is 2.83. The Morgan fingerprint density at radius 1 is 1.45 bits per heavy atom. The Balaban J connectivity index is 1.99. The number of aromatic nitrogens is 1. The lowest BCUT2D eigenvalue weighted by Gasteiger charge is -2.16. The van der Waals surface area contributed by atoms with Gasteiger partial charge in [-0.05, 0) is 37.1 Å². The maximum atomic E-state index is 11.6. The van der Waals surface area contributed by atoms with Gasteiger partial charge in [0.2, 0.25) is 0 Å². The Morgan fingerprint density at radius 2 is 2.30 bits per heavy atom. The van der Waals surface area contributed by atoms with E-state index >= 15 is 0 Å². The van der Waals surface area contributed by atoms with E-state index in [2.05, 4.69) is 16.9 Å². The van der Waals surface area contributed by atoms with Crippen LogP contribution in [0.3, 0.4) is 0 Å². The first-order valence-electron chi connectivity index (χ1n) is 6.66. The third-order valence-corrected chi connectivity index (χ3v) is 3.65. The van der Waals surface area contributed by atoms with Gasteiger partial charge in [0, 0.05) is 30.9 Å². The van der Waals surface area contributed by atoms with Crippen LogP contribution in [0.5, 0.6) is 5.75 Å². The molecule has 0 spiro atoms. The molecule has 0 radical (unpaired) electrons. The third kappa shape index (κ3) is 2.44. The molecule has 0 bridgehead atoms. The van der Waals surface area contributed by atoms with Crippen LogP contribution >= 0.6 is 0 Å². The zero-order chi connectivity index (χ0) is 14.1. The van der Waals surface area contributed by atoms with Gasteiger partial charge in [-0.2, -0.15) is 0 Å². The van der Waals surface area contributed by atoms with Crippen molar-refractivity contribution in [1.29, 1.82) is 0 Å². The van der Waals surface area contributed by atoms with Gasteiger partial charge in [-0.1, -0.05) is 0 Å². The average molecular weight is 271 g/mol. The molecule has 1 aliphatic rings. The van der Waals surface area contributed by atoms with Crippen LogP contribution in [0.15, 0.2) is 30.6 Å². The van der Waals surface area contributed by atoms with E-state index in [-0.39, 0.29) is 6.10 Å². The fourth-order valence-corrected chi connectivity index (χ4v) is 2.58. The van der Waals surface area contributed by atoms with Crippen LogP contribution in [-0.2, 0) is 0 Å². The van der Waals surface area contributed by atoms with Crippen LogP contribution < -0.4 is 10.5 Å². The van der Waals surface area contributed by atoms with Crippen molar-refractivity contribution in [2.45, 2.75) is 12.5 Å².